The van der Waals surface area contributed by atoms with Crippen molar-refractivity contribution in [3.8, 4) is 22.3 Å². The second kappa shape index (κ2) is 19.6. The van der Waals surface area contributed by atoms with Gasteiger partial charge < -0.3 is 27.4 Å². The fraction of sp³-hybridized carbons (Fsp3) is 0.114. The van der Waals surface area contributed by atoms with Crippen LogP contribution in [0, 0.1) is 13.8 Å². The van der Waals surface area contributed by atoms with Gasteiger partial charge in [-0.1, -0.05) is 236 Å². The van der Waals surface area contributed by atoms with Crippen molar-refractivity contribution < 1.29 is 8.83 Å². The summed E-state index contributed by atoms with van der Waals surface area (Å²) in [5.41, 5.74) is 26.3. The zero-order valence-electron chi connectivity index (χ0n) is 53.9. The molecule has 0 fully saturated rings. The molecule has 6 heterocycles. The summed E-state index contributed by atoms with van der Waals surface area (Å²) in [6.45, 7) is 18.0. The second-order valence-corrected chi connectivity index (χ2v) is 28.0. The Bertz CT molecular complexity index is 5930. The van der Waals surface area contributed by atoms with Crippen LogP contribution >= 0.6 is 0 Å². The molecule has 0 spiro atoms. The van der Waals surface area contributed by atoms with Crippen LogP contribution in [-0.2, 0) is 10.8 Å². The first kappa shape index (κ1) is 54.4. The Kier molecular flexibility index (Phi) is 11.3. The fourth-order valence-corrected chi connectivity index (χ4v) is 16.3. The average Bonchev–Trinajstić information content (AvgIpc) is 1.49. The van der Waals surface area contributed by atoms with Crippen LogP contribution in [0.25, 0.3) is 142 Å². The van der Waals surface area contributed by atoms with Crippen molar-refractivity contribution in [1.82, 2.24) is 8.80 Å². The summed E-state index contributed by atoms with van der Waals surface area (Å²) in [7, 11) is 0. The number of furan rings is 2. The Morgan fingerprint density at radius 1 is 0.287 bits per heavy atom. The Balaban J connectivity index is 0.892. The largest absolute Gasteiger partial charge is 0.454 e. The van der Waals surface area contributed by atoms with Crippen LogP contribution in [-0.4, -0.2) is 8.80 Å². The molecule has 19 aromatic rings. The normalized spacial score (nSPS) is 12.7. The number of para-hydroxylation sites is 6. The first-order valence-corrected chi connectivity index (χ1v) is 32.9. The van der Waals surface area contributed by atoms with Gasteiger partial charge in [0.1, 0.15) is 11.2 Å². The number of hydrogen-bond acceptors (Lipinski definition) is 4. The van der Waals surface area contributed by atoms with Gasteiger partial charge in [-0.05, 0) is 108 Å². The van der Waals surface area contributed by atoms with Crippen molar-refractivity contribution in [2.24, 2.45) is 0 Å². The molecule has 6 nitrogen and oxygen atoms in total. The van der Waals surface area contributed by atoms with Gasteiger partial charge in [-0.25, -0.2) is 0 Å². The molecule has 0 radical (unpaired) electrons. The highest BCUT2D eigenvalue weighted by Crippen LogP contribution is 2.56. The number of aryl methyl sites for hydroxylation is 2. The van der Waals surface area contributed by atoms with E-state index in [-0.39, 0.29) is 10.8 Å². The Morgan fingerprint density at radius 3 is 1.03 bits per heavy atom. The molecular weight excluding hydrogens is 1140 g/mol. The van der Waals surface area contributed by atoms with E-state index >= 15 is 0 Å². The maximum absolute atomic E-state index is 7.20. The number of aromatic nitrogens is 2. The molecular formula is C88H66N4O2. The van der Waals surface area contributed by atoms with E-state index in [2.05, 4.69) is 329 Å². The molecule has 0 aliphatic heterocycles. The molecule has 19 rings (SSSR count). The van der Waals surface area contributed by atoms with Crippen LogP contribution in [0.2, 0.25) is 0 Å². The van der Waals surface area contributed by atoms with Crippen molar-refractivity contribution in [3.63, 3.8) is 0 Å². The van der Waals surface area contributed by atoms with Gasteiger partial charge in [0.05, 0.1) is 44.5 Å². The van der Waals surface area contributed by atoms with Crippen molar-refractivity contribution in [1.29, 1.82) is 0 Å². The molecule has 0 saturated carbocycles. The molecule has 0 unspecified atom stereocenters. The summed E-state index contributed by atoms with van der Waals surface area (Å²) in [4.78, 5) is 4.84. The number of hydrogen-bond donors (Lipinski definition) is 0. The monoisotopic (exact) mass is 1210 g/mol. The molecule has 0 bridgehead atoms. The van der Waals surface area contributed by atoms with E-state index in [1.807, 2.05) is 0 Å². The minimum absolute atomic E-state index is 0.110. The molecule has 94 heavy (non-hydrogen) atoms. The van der Waals surface area contributed by atoms with Crippen molar-refractivity contribution in [3.05, 3.63) is 277 Å². The Labute approximate surface area is 544 Å². The van der Waals surface area contributed by atoms with Crippen LogP contribution in [0.1, 0.15) is 63.8 Å². The third-order valence-corrected chi connectivity index (χ3v) is 20.4. The predicted molar refractivity (Wildman–Crippen MR) is 397 cm³/mol. The smallest absolute Gasteiger partial charge is 0.159 e. The van der Waals surface area contributed by atoms with E-state index in [4.69, 9.17) is 8.83 Å². The molecule has 6 heteroatoms. The third kappa shape index (κ3) is 7.53. The van der Waals surface area contributed by atoms with E-state index < -0.39 is 0 Å². The lowest BCUT2D eigenvalue weighted by atomic mass is 9.86. The standard InChI is InChI=1S/C88H66N4O2/c1-51-41-45-63-61-35-23-39-69(87(3,4)5)83(61)93-85(63)77(51)89(55-29-17-11-18-30-55)57-43-47-71-67(49-57)59-33-21-37-65-75-74(54-27-15-10-16-28-54)82-76(73(53-25-13-9-14-26-53)81(75)91(71)79(59)65)66-38-22-34-60-68-50-58(44-48-72(68)92(82)80(60)66)90(56-31-19-12-20-32-56)78-52(2)42-46-64-62-36-24-40-70(88(6,7)8)84(62)94-86(64)78/h9-50H,1-8H3. The number of anilines is 6. The van der Waals surface area contributed by atoms with E-state index in [9.17, 15) is 0 Å². The van der Waals surface area contributed by atoms with Gasteiger partial charge in [-0.3, -0.25) is 0 Å². The van der Waals surface area contributed by atoms with Crippen molar-refractivity contribution in [2.45, 2.75) is 66.2 Å². The third-order valence-electron chi connectivity index (χ3n) is 20.4. The fourth-order valence-electron chi connectivity index (χ4n) is 16.3. The molecule has 13 aromatic carbocycles. The topological polar surface area (TPSA) is 41.6 Å². The zero-order valence-corrected chi connectivity index (χ0v) is 53.9. The summed E-state index contributed by atoms with van der Waals surface area (Å²) in [6, 6.07) is 94.5. The summed E-state index contributed by atoms with van der Waals surface area (Å²) >= 11 is 0. The molecule has 0 aliphatic carbocycles. The number of benzene rings is 13. The minimum Gasteiger partial charge on any atom is -0.454 e. The SMILES string of the molecule is Cc1ccc2c(oc3c(C(C)(C)C)cccc32)c1N(c1ccccc1)c1ccc2c(c1)c1cccc3c4c(-c5ccccc5)c5c(c(-c6ccccc6)c4n2c13)c1cccc2c3cc(N(c4ccccc4)c4c(C)ccc6c4oc4c(C(C)(C)C)cccc46)ccc3n5c21. The number of fused-ring (bicyclic) bond motifs is 18. The van der Waals surface area contributed by atoms with Gasteiger partial charge in [0, 0.05) is 110 Å². The van der Waals surface area contributed by atoms with Gasteiger partial charge in [0.25, 0.3) is 0 Å². The highest BCUT2D eigenvalue weighted by Gasteiger charge is 2.33. The number of nitrogens with zero attached hydrogens (tertiary/aromatic N) is 4. The highest BCUT2D eigenvalue weighted by atomic mass is 16.3. The van der Waals surface area contributed by atoms with E-state index in [0.717, 1.165) is 100 Å². The summed E-state index contributed by atoms with van der Waals surface area (Å²) in [5, 5.41) is 14.2. The predicted octanol–water partition coefficient (Wildman–Crippen LogP) is 25.3. The van der Waals surface area contributed by atoms with Crippen LogP contribution < -0.4 is 9.80 Å². The molecule has 0 aliphatic rings. The zero-order chi connectivity index (χ0) is 63.2. The van der Waals surface area contributed by atoms with Gasteiger partial charge >= 0.3 is 0 Å². The van der Waals surface area contributed by atoms with Gasteiger partial charge in [-0.2, -0.15) is 0 Å². The minimum atomic E-state index is -0.110. The summed E-state index contributed by atoms with van der Waals surface area (Å²) in [5.74, 6) is 0. The van der Waals surface area contributed by atoms with Crippen LogP contribution in [0.4, 0.5) is 34.1 Å². The molecule has 6 aromatic heterocycles. The van der Waals surface area contributed by atoms with Crippen LogP contribution in [0.5, 0.6) is 0 Å². The van der Waals surface area contributed by atoms with Crippen molar-refractivity contribution >= 4 is 154 Å². The second-order valence-electron chi connectivity index (χ2n) is 28.0. The lowest BCUT2D eigenvalue weighted by molar-refractivity contribution is 0.572. The van der Waals surface area contributed by atoms with Crippen molar-refractivity contribution in [2.75, 3.05) is 9.80 Å². The average molecular weight is 1210 g/mol. The number of rotatable bonds is 8. The maximum Gasteiger partial charge on any atom is 0.159 e. The summed E-state index contributed by atoms with van der Waals surface area (Å²) < 4.78 is 19.6. The first-order valence-electron chi connectivity index (χ1n) is 32.9. The van der Waals surface area contributed by atoms with Gasteiger partial charge in [0.15, 0.2) is 11.2 Å². The van der Waals surface area contributed by atoms with Gasteiger partial charge in [0.2, 0.25) is 0 Å². The Hall–Kier alpha value is -11.3. The van der Waals surface area contributed by atoms with E-state index in [0.29, 0.717) is 0 Å². The maximum atomic E-state index is 7.20. The molecule has 0 atom stereocenters. The quantitative estimate of drug-likeness (QED) is 0.152. The lowest BCUT2D eigenvalue weighted by Gasteiger charge is -2.27. The molecule has 0 saturated heterocycles. The summed E-state index contributed by atoms with van der Waals surface area (Å²) in [6.07, 6.45) is 0. The highest BCUT2D eigenvalue weighted by molar-refractivity contribution is 6.38. The molecule has 450 valence electrons. The van der Waals surface area contributed by atoms with E-state index in [1.165, 1.54) is 98.5 Å². The molecule has 0 amide bonds. The van der Waals surface area contributed by atoms with Crippen LogP contribution in [0.3, 0.4) is 0 Å². The lowest BCUT2D eigenvalue weighted by Crippen LogP contribution is -2.11. The van der Waals surface area contributed by atoms with E-state index in [1.54, 1.807) is 0 Å². The Morgan fingerprint density at radius 2 is 0.638 bits per heavy atom. The first-order chi connectivity index (χ1) is 45.8. The van der Waals surface area contributed by atoms with Gasteiger partial charge in [-0.15, -0.1) is 0 Å². The van der Waals surface area contributed by atoms with Crippen LogP contribution in [0.15, 0.2) is 264 Å². The molecule has 0 N–H and O–H groups in total.